The predicted molar refractivity (Wildman–Crippen MR) is 71.7 cm³/mol. The SMILES string of the molecule is Cc1c(O)cccc1C(=O)NC1CCCCC1C. The van der Waals surface area contributed by atoms with Crippen molar-refractivity contribution in [1.29, 1.82) is 0 Å². The Balaban J connectivity index is 2.09. The Morgan fingerprint density at radius 3 is 2.78 bits per heavy atom. The maximum absolute atomic E-state index is 12.2. The molecule has 0 saturated heterocycles. The lowest BCUT2D eigenvalue weighted by atomic mass is 9.86. The van der Waals surface area contributed by atoms with Crippen LogP contribution in [-0.2, 0) is 0 Å². The molecular weight excluding hydrogens is 226 g/mol. The van der Waals surface area contributed by atoms with Crippen molar-refractivity contribution >= 4 is 5.91 Å². The molecule has 0 bridgehead atoms. The number of carbonyl (C=O) groups is 1. The average Bonchev–Trinajstić information content (AvgIpc) is 2.35. The Kier molecular flexibility index (Phi) is 3.90. The van der Waals surface area contributed by atoms with E-state index < -0.39 is 0 Å². The highest BCUT2D eigenvalue weighted by Gasteiger charge is 2.23. The summed E-state index contributed by atoms with van der Waals surface area (Å²) in [6.07, 6.45) is 4.70. The van der Waals surface area contributed by atoms with Gasteiger partial charge in [-0.3, -0.25) is 4.79 Å². The maximum atomic E-state index is 12.2. The summed E-state index contributed by atoms with van der Waals surface area (Å²) in [7, 11) is 0. The topological polar surface area (TPSA) is 49.3 Å². The lowest BCUT2D eigenvalue weighted by molar-refractivity contribution is 0.0909. The molecule has 1 aliphatic rings. The van der Waals surface area contributed by atoms with Gasteiger partial charge in [0.05, 0.1) is 0 Å². The summed E-state index contributed by atoms with van der Waals surface area (Å²) in [5.74, 6) is 0.654. The van der Waals surface area contributed by atoms with E-state index in [4.69, 9.17) is 0 Å². The minimum atomic E-state index is -0.0675. The Labute approximate surface area is 108 Å². The van der Waals surface area contributed by atoms with E-state index in [1.54, 1.807) is 25.1 Å². The van der Waals surface area contributed by atoms with Gasteiger partial charge < -0.3 is 10.4 Å². The number of hydrogen-bond donors (Lipinski definition) is 2. The highest BCUT2D eigenvalue weighted by atomic mass is 16.3. The van der Waals surface area contributed by atoms with Crippen LogP contribution in [0, 0.1) is 12.8 Å². The molecule has 0 aromatic heterocycles. The van der Waals surface area contributed by atoms with Crippen molar-refractivity contribution in [2.75, 3.05) is 0 Å². The summed E-state index contributed by atoms with van der Waals surface area (Å²) >= 11 is 0. The van der Waals surface area contributed by atoms with Crippen molar-refractivity contribution in [1.82, 2.24) is 5.32 Å². The van der Waals surface area contributed by atoms with Gasteiger partial charge in [0, 0.05) is 17.2 Å². The van der Waals surface area contributed by atoms with E-state index in [9.17, 15) is 9.90 Å². The summed E-state index contributed by atoms with van der Waals surface area (Å²) in [6.45, 7) is 3.97. The molecule has 2 unspecified atom stereocenters. The van der Waals surface area contributed by atoms with Crippen LogP contribution in [0.3, 0.4) is 0 Å². The van der Waals surface area contributed by atoms with Gasteiger partial charge in [-0.05, 0) is 37.8 Å². The van der Waals surface area contributed by atoms with E-state index >= 15 is 0 Å². The average molecular weight is 247 g/mol. The largest absolute Gasteiger partial charge is 0.508 e. The minimum absolute atomic E-state index is 0.0675. The fourth-order valence-electron chi connectivity index (χ4n) is 2.65. The van der Waals surface area contributed by atoms with E-state index in [1.807, 2.05) is 0 Å². The first-order valence-corrected chi connectivity index (χ1v) is 6.69. The van der Waals surface area contributed by atoms with E-state index in [2.05, 4.69) is 12.2 Å². The fourth-order valence-corrected chi connectivity index (χ4v) is 2.65. The van der Waals surface area contributed by atoms with E-state index in [0.29, 0.717) is 17.0 Å². The van der Waals surface area contributed by atoms with Crippen molar-refractivity contribution in [3.8, 4) is 5.75 Å². The standard InChI is InChI=1S/C15H21NO2/c1-10-6-3-4-8-13(10)16-15(18)12-7-5-9-14(17)11(12)2/h5,7,9-10,13,17H,3-4,6,8H2,1-2H3,(H,16,18). The van der Waals surface area contributed by atoms with Crippen molar-refractivity contribution in [2.45, 2.75) is 45.6 Å². The number of rotatable bonds is 2. The molecule has 1 aromatic rings. The number of aromatic hydroxyl groups is 1. The molecule has 0 radical (unpaired) electrons. The van der Waals surface area contributed by atoms with Crippen molar-refractivity contribution in [3.63, 3.8) is 0 Å². The highest BCUT2D eigenvalue weighted by molar-refractivity contribution is 5.96. The van der Waals surface area contributed by atoms with Crippen LogP contribution >= 0.6 is 0 Å². The van der Waals surface area contributed by atoms with Gasteiger partial charge in [-0.2, -0.15) is 0 Å². The van der Waals surface area contributed by atoms with Gasteiger partial charge in [0.1, 0.15) is 5.75 Å². The Morgan fingerprint density at radius 1 is 1.33 bits per heavy atom. The third kappa shape index (κ3) is 2.66. The number of hydrogen-bond acceptors (Lipinski definition) is 2. The molecule has 1 fully saturated rings. The number of phenolic OH excluding ortho intramolecular Hbond substituents is 1. The van der Waals surface area contributed by atoms with Gasteiger partial charge in [-0.1, -0.05) is 25.8 Å². The Bertz CT molecular complexity index is 442. The number of phenols is 1. The number of carbonyl (C=O) groups excluding carboxylic acids is 1. The molecule has 0 heterocycles. The van der Waals surface area contributed by atoms with Crippen molar-refractivity contribution < 1.29 is 9.90 Å². The van der Waals surface area contributed by atoms with Crippen LogP contribution in [0.25, 0.3) is 0 Å². The molecule has 2 atom stereocenters. The quantitative estimate of drug-likeness (QED) is 0.844. The van der Waals surface area contributed by atoms with Crippen LogP contribution in [0.4, 0.5) is 0 Å². The first kappa shape index (κ1) is 12.9. The van der Waals surface area contributed by atoms with Crippen LogP contribution in [0.5, 0.6) is 5.75 Å². The zero-order valence-corrected chi connectivity index (χ0v) is 11.1. The summed E-state index contributed by atoms with van der Waals surface area (Å²) in [4.78, 5) is 12.2. The van der Waals surface area contributed by atoms with Crippen molar-refractivity contribution in [3.05, 3.63) is 29.3 Å². The molecule has 3 heteroatoms. The lowest BCUT2D eigenvalue weighted by Crippen LogP contribution is -2.41. The second-order valence-electron chi connectivity index (χ2n) is 5.29. The van der Waals surface area contributed by atoms with Gasteiger partial charge in [-0.25, -0.2) is 0 Å². The number of benzene rings is 1. The van der Waals surface area contributed by atoms with Crippen LogP contribution in [0.2, 0.25) is 0 Å². The Morgan fingerprint density at radius 2 is 2.06 bits per heavy atom. The summed E-state index contributed by atoms with van der Waals surface area (Å²) in [6, 6.07) is 5.35. The molecule has 98 valence electrons. The van der Waals surface area contributed by atoms with Crippen LogP contribution in [-0.4, -0.2) is 17.1 Å². The van der Waals surface area contributed by atoms with Crippen LogP contribution in [0.15, 0.2) is 18.2 Å². The van der Waals surface area contributed by atoms with Gasteiger partial charge in [0.15, 0.2) is 0 Å². The number of nitrogens with one attached hydrogen (secondary N) is 1. The molecule has 1 amide bonds. The monoisotopic (exact) mass is 247 g/mol. The normalized spacial score (nSPS) is 23.7. The maximum Gasteiger partial charge on any atom is 0.251 e. The van der Waals surface area contributed by atoms with E-state index in [-0.39, 0.29) is 17.7 Å². The van der Waals surface area contributed by atoms with Gasteiger partial charge in [0.25, 0.3) is 5.91 Å². The first-order valence-electron chi connectivity index (χ1n) is 6.69. The van der Waals surface area contributed by atoms with Crippen LogP contribution < -0.4 is 5.32 Å². The highest BCUT2D eigenvalue weighted by Crippen LogP contribution is 2.25. The van der Waals surface area contributed by atoms with E-state index in [1.165, 1.54) is 19.3 Å². The van der Waals surface area contributed by atoms with Crippen LogP contribution in [0.1, 0.15) is 48.5 Å². The molecule has 1 aromatic carbocycles. The molecule has 18 heavy (non-hydrogen) atoms. The second-order valence-corrected chi connectivity index (χ2v) is 5.29. The molecule has 2 rings (SSSR count). The molecule has 1 aliphatic carbocycles. The van der Waals surface area contributed by atoms with Crippen molar-refractivity contribution in [2.24, 2.45) is 5.92 Å². The zero-order chi connectivity index (χ0) is 13.1. The first-order chi connectivity index (χ1) is 8.59. The lowest BCUT2D eigenvalue weighted by Gasteiger charge is -2.29. The second kappa shape index (κ2) is 5.42. The summed E-state index contributed by atoms with van der Waals surface area (Å²) < 4.78 is 0. The molecule has 0 aliphatic heterocycles. The molecule has 1 saturated carbocycles. The molecule has 2 N–H and O–H groups in total. The fraction of sp³-hybridized carbons (Fsp3) is 0.533. The molecule has 0 spiro atoms. The van der Waals surface area contributed by atoms with E-state index in [0.717, 1.165) is 6.42 Å². The zero-order valence-electron chi connectivity index (χ0n) is 11.1. The molecule has 3 nitrogen and oxygen atoms in total. The third-order valence-corrected chi connectivity index (χ3v) is 3.98. The number of amides is 1. The molecular formula is C15H21NO2. The van der Waals surface area contributed by atoms with Gasteiger partial charge in [0.2, 0.25) is 0 Å². The van der Waals surface area contributed by atoms with Gasteiger partial charge >= 0.3 is 0 Å². The smallest absolute Gasteiger partial charge is 0.251 e. The third-order valence-electron chi connectivity index (χ3n) is 3.98. The predicted octanol–water partition coefficient (Wildman–Crippen LogP) is 3.01. The van der Waals surface area contributed by atoms with Gasteiger partial charge in [-0.15, -0.1) is 0 Å². The summed E-state index contributed by atoms with van der Waals surface area (Å²) in [5, 5.41) is 12.7. The Hall–Kier alpha value is -1.51. The minimum Gasteiger partial charge on any atom is -0.508 e. The summed E-state index contributed by atoms with van der Waals surface area (Å²) in [5.41, 5.74) is 1.23.